The lowest BCUT2D eigenvalue weighted by molar-refractivity contribution is 0.0313. The zero-order chi connectivity index (χ0) is 24.9. The molecule has 2 aromatic heterocycles. The Kier molecular flexibility index (Phi) is 7.41. The molecule has 35 heavy (non-hydrogen) atoms. The van der Waals surface area contributed by atoms with Crippen molar-refractivity contribution in [3.8, 4) is 17.0 Å². The first-order valence-electron chi connectivity index (χ1n) is 11.7. The van der Waals surface area contributed by atoms with E-state index in [-0.39, 0.29) is 36.3 Å². The smallest absolute Gasteiger partial charge is 0.259 e. The number of aromatic nitrogens is 2. The van der Waals surface area contributed by atoms with Crippen molar-refractivity contribution in [1.82, 2.24) is 19.8 Å². The van der Waals surface area contributed by atoms with E-state index in [0.717, 1.165) is 11.1 Å². The van der Waals surface area contributed by atoms with Crippen LogP contribution in [0.1, 0.15) is 34.6 Å². The Morgan fingerprint density at radius 2 is 1.97 bits per heavy atom. The number of carbonyl (C=O) groups excluding carboxylic acids is 2. The second kappa shape index (κ2) is 10.7. The molecule has 3 atom stereocenters. The number of benzene rings is 1. The molecule has 3 heterocycles. The van der Waals surface area contributed by atoms with E-state index in [1.807, 2.05) is 44.2 Å². The quantitative estimate of drug-likeness (QED) is 0.590. The SMILES string of the molecule is C[C@@H]1CN([C@@H](C)CO)C(=O)c2cc(-c3ccccc3)cnc2O[C@@H]1CN(C)C(=O)c1cccnc1. The fourth-order valence-corrected chi connectivity index (χ4v) is 4.17. The molecule has 0 radical (unpaired) electrons. The number of pyridine rings is 2. The van der Waals surface area contributed by atoms with Gasteiger partial charge in [0, 0.05) is 43.7 Å². The number of aliphatic hydroxyl groups excluding tert-OH is 1. The monoisotopic (exact) mass is 474 g/mol. The zero-order valence-electron chi connectivity index (χ0n) is 20.2. The number of hydrogen-bond acceptors (Lipinski definition) is 6. The van der Waals surface area contributed by atoms with Crippen molar-refractivity contribution in [3.05, 3.63) is 78.2 Å². The lowest BCUT2D eigenvalue weighted by Gasteiger charge is -2.37. The summed E-state index contributed by atoms with van der Waals surface area (Å²) in [7, 11) is 1.72. The standard InChI is InChI=1S/C27H30N4O4/c1-18-15-31(19(2)17-32)27(34)23-12-22(20-8-5-4-6-9-20)14-29-25(23)35-24(18)16-30(3)26(33)21-10-7-11-28-13-21/h4-14,18-19,24,32H,15-17H2,1-3H3/t18-,19+,24-/m1/s1. The number of amides is 2. The topological polar surface area (TPSA) is 95.9 Å². The maximum atomic E-state index is 13.6. The lowest BCUT2D eigenvalue weighted by Crippen LogP contribution is -2.50. The molecule has 3 aromatic rings. The fourth-order valence-electron chi connectivity index (χ4n) is 4.17. The molecular formula is C27H30N4O4. The molecule has 0 aliphatic carbocycles. The first kappa shape index (κ1) is 24.3. The Hall–Kier alpha value is -3.78. The van der Waals surface area contributed by atoms with Crippen molar-refractivity contribution in [3.63, 3.8) is 0 Å². The van der Waals surface area contributed by atoms with E-state index < -0.39 is 6.10 Å². The van der Waals surface area contributed by atoms with Crippen LogP contribution in [0.2, 0.25) is 0 Å². The molecule has 0 saturated carbocycles. The number of likely N-dealkylation sites (N-methyl/N-ethyl adjacent to an activating group) is 1. The van der Waals surface area contributed by atoms with Gasteiger partial charge in [0.05, 0.1) is 24.8 Å². The number of ether oxygens (including phenoxy) is 1. The van der Waals surface area contributed by atoms with Crippen molar-refractivity contribution in [1.29, 1.82) is 0 Å². The van der Waals surface area contributed by atoms with Gasteiger partial charge < -0.3 is 19.6 Å². The third-order valence-electron chi connectivity index (χ3n) is 6.34. The van der Waals surface area contributed by atoms with Gasteiger partial charge in [0.2, 0.25) is 5.88 Å². The summed E-state index contributed by atoms with van der Waals surface area (Å²) in [6.45, 7) is 4.29. The van der Waals surface area contributed by atoms with Crippen molar-refractivity contribution >= 4 is 11.8 Å². The molecule has 182 valence electrons. The third kappa shape index (κ3) is 5.33. The predicted octanol–water partition coefficient (Wildman–Crippen LogP) is 3.14. The van der Waals surface area contributed by atoms with Crippen LogP contribution in [0.15, 0.2) is 67.1 Å². The molecule has 1 N–H and O–H groups in total. The van der Waals surface area contributed by atoms with Crippen molar-refractivity contribution in [2.24, 2.45) is 5.92 Å². The zero-order valence-corrected chi connectivity index (χ0v) is 20.2. The van der Waals surface area contributed by atoms with E-state index in [2.05, 4.69) is 9.97 Å². The molecule has 0 saturated heterocycles. The molecule has 8 heteroatoms. The van der Waals surface area contributed by atoms with Crippen LogP contribution >= 0.6 is 0 Å². The van der Waals surface area contributed by atoms with Gasteiger partial charge in [0.1, 0.15) is 11.7 Å². The summed E-state index contributed by atoms with van der Waals surface area (Å²) < 4.78 is 6.30. The summed E-state index contributed by atoms with van der Waals surface area (Å²) in [5.74, 6) is -0.304. The van der Waals surface area contributed by atoms with Gasteiger partial charge in [0.25, 0.3) is 11.8 Å². The molecule has 0 unspecified atom stereocenters. The van der Waals surface area contributed by atoms with Crippen LogP contribution in [0.5, 0.6) is 5.88 Å². The summed E-state index contributed by atoms with van der Waals surface area (Å²) in [5.41, 5.74) is 2.56. The first-order valence-corrected chi connectivity index (χ1v) is 11.7. The van der Waals surface area contributed by atoms with Gasteiger partial charge in [-0.15, -0.1) is 0 Å². The van der Waals surface area contributed by atoms with E-state index >= 15 is 0 Å². The van der Waals surface area contributed by atoms with Crippen LogP contribution in [0.25, 0.3) is 11.1 Å². The number of aliphatic hydroxyl groups is 1. The Morgan fingerprint density at radius 1 is 1.20 bits per heavy atom. The van der Waals surface area contributed by atoms with Crippen molar-refractivity contribution < 1.29 is 19.4 Å². The van der Waals surface area contributed by atoms with E-state index in [9.17, 15) is 14.7 Å². The Balaban J connectivity index is 1.68. The van der Waals surface area contributed by atoms with Gasteiger partial charge >= 0.3 is 0 Å². The minimum absolute atomic E-state index is 0.124. The number of nitrogens with zero attached hydrogens (tertiary/aromatic N) is 4. The fraction of sp³-hybridized carbons (Fsp3) is 0.333. The molecule has 0 fully saturated rings. The Morgan fingerprint density at radius 3 is 2.66 bits per heavy atom. The van der Waals surface area contributed by atoms with E-state index in [0.29, 0.717) is 24.2 Å². The first-order chi connectivity index (χ1) is 16.9. The molecule has 2 amide bonds. The Bertz CT molecular complexity index is 1170. The predicted molar refractivity (Wildman–Crippen MR) is 132 cm³/mol. The van der Waals surface area contributed by atoms with Gasteiger partial charge in [-0.1, -0.05) is 37.3 Å². The molecular weight excluding hydrogens is 444 g/mol. The highest BCUT2D eigenvalue weighted by Crippen LogP contribution is 2.30. The highest BCUT2D eigenvalue weighted by molar-refractivity contribution is 5.98. The molecule has 1 aromatic carbocycles. The summed E-state index contributed by atoms with van der Waals surface area (Å²) >= 11 is 0. The summed E-state index contributed by atoms with van der Waals surface area (Å²) in [6.07, 6.45) is 4.43. The maximum Gasteiger partial charge on any atom is 0.259 e. The van der Waals surface area contributed by atoms with Gasteiger partial charge in [-0.05, 0) is 30.7 Å². The summed E-state index contributed by atoms with van der Waals surface area (Å²) in [5, 5.41) is 9.84. The van der Waals surface area contributed by atoms with Crippen LogP contribution < -0.4 is 4.74 Å². The molecule has 8 nitrogen and oxygen atoms in total. The largest absolute Gasteiger partial charge is 0.472 e. The lowest BCUT2D eigenvalue weighted by atomic mass is 9.99. The average molecular weight is 475 g/mol. The van der Waals surface area contributed by atoms with Crippen molar-refractivity contribution in [2.45, 2.75) is 26.0 Å². The summed E-state index contributed by atoms with van der Waals surface area (Å²) in [4.78, 5) is 38.3. The minimum atomic E-state index is -0.420. The van der Waals surface area contributed by atoms with Gasteiger partial charge in [-0.3, -0.25) is 14.6 Å². The van der Waals surface area contributed by atoms with Crippen LogP contribution in [-0.4, -0.2) is 75.6 Å². The van der Waals surface area contributed by atoms with E-state index in [1.54, 1.807) is 47.4 Å². The molecule has 0 spiro atoms. The van der Waals surface area contributed by atoms with Gasteiger partial charge in [-0.2, -0.15) is 0 Å². The number of hydrogen-bond donors (Lipinski definition) is 1. The highest BCUT2D eigenvalue weighted by Gasteiger charge is 2.35. The molecule has 0 bridgehead atoms. The minimum Gasteiger partial charge on any atom is -0.472 e. The van der Waals surface area contributed by atoms with Crippen LogP contribution in [0.4, 0.5) is 0 Å². The average Bonchev–Trinajstić information content (AvgIpc) is 2.90. The number of rotatable bonds is 6. The van der Waals surface area contributed by atoms with Crippen LogP contribution in [0, 0.1) is 5.92 Å². The highest BCUT2D eigenvalue weighted by atomic mass is 16.5. The third-order valence-corrected chi connectivity index (χ3v) is 6.34. The molecule has 1 aliphatic rings. The van der Waals surface area contributed by atoms with E-state index in [1.165, 1.54) is 6.20 Å². The van der Waals surface area contributed by atoms with Crippen LogP contribution in [-0.2, 0) is 0 Å². The number of fused-ring (bicyclic) bond motifs is 1. The van der Waals surface area contributed by atoms with Gasteiger partial charge in [-0.25, -0.2) is 4.98 Å². The Labute approximate surface area is 205 Å². The van der Waals surface area contributed by atoms with Crippen LogP contribution in [0.3, 0.4) is 0 Å². The maximum absolute atomic E-state index is 13.6. The van der Waals surface area contributed by atoms with E-state index in [4.69, 9.17) is 4.74 Å². The summed E-state index contributed by atoms with van der Waals surface area (Å²) in [6, 6.07) is 14.5. The second-order valence-electron chi connectivity index (χ2n) is 8.99. The normalized spacial score (nSPS) is 18.6. The number of carbonyl (C=O) groups is 2. The van der Waals surface area contributed by atoms with Gasteiger partial charge in [0.15, 0.2) is 0 Å². The molecule has 4 rings (SSSR count). The van der Waals surface area contributed by atoms with Crippen molar-refractivity contribution in [2.75, 3.05) is 26.7 Å². The second-order valence-corrected chi connectivity index (χ2v) is 8.99. The molecule has 1 aliphatic heterocycles.